The average Bonchev–Trinajstić information content (AvgIpc) is 2.34. The number of hydrogen-bond donors (Lipinski definition) is 1. The Morgan fingerprint density at radius 3 is 2.11 bits per heavy atom. The summed E-state index contributed by atoms with van der Waals surface area (Å²) in [7, 11) is 4.31. The van der Waals surface area contributed by atoms with Crippen LogP contribution >= 0.6 is 0 Å². The Kier molecular flexibility index (Phi) is 11.6. The van der Waals surface area contributed by atoms with E-state index in [9.17, 15) is 0 Å². The van der Waals surface area contributed by atoms with Crippen LogP contribution in [0.5, 0.6) is 0 Å². The minimum Gasteiger partial charge on any atom is -0.330 e. The molecule has 0 saturated heterocycles. The molecular weight excluding hydrogens is 234 g/mol. The molecule has 1 unspecified atom stereocenters. The van der Waals surface area contributed by atoms with Crippen molar-refractivity contribution in [3.63, 3.8) is 0 Å². The van der Waals surface area contributed by atoms with Gasteiger partial charge >= 0.3 is 0 Å². The van der Waals surface area contributed by atoms with Crippen LogP contribution in [0.3, 0.4) is 0 Å². The maximum atomic E-state index is 5.71. The van der Waals surface area contributed by atoms with Crippen LogP contribution in [0.1, 0.15) is 46.5 Å². The van der Waals surface area contributed by atoms with Gasteiger partial charge in [-0.1, -0.05) is 20.8 Å². The number of hydrogen-bond acceptors (Lipinski definition) is 3. The van der Waals surface area contributed by atoms with Crippen molar-refractivity contribution in [2.75, 3.05) is 46.8 Å². The summed E-state index contributed by atoms with van der Waals surface area (Å²) in [4.78, 5) is 4.88. The van der Waals surface area contributed by atoms with Crippen molar-refractivity contribution in [2.45, 2.75) is 46.5 Å². The predicted molar refractivity (Wildman–Crippen MR) is 86.5 cm³/mol. The summed E-state index contributed by atoms with van der Waals surface area (Å²) >= 11 is 0. The highest BCUT2D eigenvalue weighted by Gasteiger charge is 2.13. The molecule has 2 N–H and O–H groups in total. The number of likely N-dealkylation sites (N-methyl/N-ethyl adjacent to an activating group) is 1. The van der Waals surface area contributed by atoms with E-state index < -0.39 is 0 Å². The Bertz CT molecular complexity index is 192. The molecule has 0 heterocycles. The van der Waals surface area contributed by atoms with Gasteiger partial charge in [-0.25, -0.2) is 0 Å². The summed E-state index contributed by atoms with van der Waals surface area (Å²) in [5, 5.41) is 0. The Morgan fingerprint density at radius 2 is 1.63 bits per heavy atom. The maximum absolute atomic E-state index is 5.71. The van der Waals surface area contributed by atoms with E-state index >= 15 is 0 Å². The molecule has 0 fully saturated rings. The number of rotatable bonds is 12. The fourth-order valence-corrected chi connectivity index (χ4v) is 2.60. The van der Waals surface area contributed by atoms with Gasteiger partial charge in [-0.15, -0.1) is 0 Å². The van der Waals surface area contributed by atoms with E-state index in [0.717, 1.165) is 24.9 Å². The summed E-state index contributed by atoms with van der Waals surface area (Å²) in [6, 6.07) is 0. The number of nitrogens with two attached hydrogens (primary N) is 1. The summed E-state index contributed by atoms with van der Waals surface area (Å²) in [5.41, 5.74) is 5.71. The van der Waals surface area contributed by atoms with Crippen molar-refractivity contribution in [1.29, 1.82) is 0 Å². The molecule has 0 aliphatic heterocycles. The summed E-state index contributed by atoms with van der Waals surface area (Å²) < 4.78 is 0. The monoisotopic (exact) mass is 271 g/mol. The highest BCUT2D eigenvalue weighted by molar-refractivity contribution is 4.66. The SMILES string of the molecule is CCCN(CCCC(CCN)C(C)C)CCN(C)C. The molecule has 3 heteroatoms. The molecule has 0 amide bonds. The van der Waals surface area contributed by atoms with Crippen molar-refractivity contribution < 1.29 is 0 Å². The first kappa shape index (κ1) is 18.9. The van der Waals surface area contributed by atoms with Crippen LogP contribution in [-0.4, -0.2) is 56.6 Å². The van der Waals surface area contributed by atoms with Crippen molar-refractivity contribution in [3.05, 3.63) is 0 Å². The van der Waals surface area contributed by atoms with Gasteiger partial charge in [-0.3, -0.25) is 0 Å². The molecule has 0 aromatic rings. The molecule has 3 nitrogen and oxygen atoms in total. The molecule has 0 aliphatic rings. The molecule has 0 aromatic carbocycles. The number of nitrogens with zero attached hydrogens (tertiary/aromatic N) is 2. The molecule has 0 radical (unpaired) electrons. The van der Waals surface area contributed by atoms with Gasteiger partial charge in [0.25, 0.3) is 0 Å². The van der Waals surface area contributed by atoms with Crippen LogP contribution in [0, 0.1) is 11.8 Å². The maximum Gasteiger partial charge on any atom is 0.0109 e. The lowest BCUT2D eigenvalue weighted by Gasteiger charge is -2.25. The van der Waals surface area contributed by atoms with Gasteiger partial charge in [-0.05, 0) is 71.2 Å². The van der Waals surface area contributed by atoms with Crippen LogP contribution in [0.25, 0.3) is 0 Å². The van der Waals surface area contributed by atoms with Crippen LogP contribution in [-0.2, 0) is 0 Å². The van der Waals surface area contributed by atoms with E-state index in [2.05, 4.69) is 44.7 Å². The normalized spacial score (nSPS) is 13.7. The zero-order valence-corrected chi connectivity index (χ0v) is 14.0. The van der Waals surface area contributed by atoms with Crippen molar-refractivity contribution in [1.82, 2.24) is 9.80 Å². The average molecular weight is 271 g/mol. The largest absolute Gasteiger partial charge is 0.330 e. The van der Waals surface area contributed by atoms with Crippen molar-refractivity contribution in [2.24, 2.45) is 17.6 Å². The first-order valence-electron chi connectivity index (χ1n) is 8.08. The van der Waals surface area contributed by atoms with E-state index in [1.807, 2.05) is 0 Å². The minimum atomic E-state index is 0.768. The Balaban J connectivity index is 3.94. The molecule has 0 bridgehead atoms. The molecule has 0 saturated carbocycles. The van der Waals surface area contributed by atoms with Crippen LogP contribution < -0.4 is 5.73 Å². The lowest BCUT2D eigenvalue weighted by molar-refractivity contribution is 0.225. The second-order valence-corrected chi connectivity index (χ2v) is 6.37. The van der Waals surface area contributed by atoms with Crippen molar-refractivity contribution in [3.8, 4) is 0 Å². The fraction of sp³-hybridized carbons (Fsp3) is 1.00. The van der Waals surface area contributed by atoms with Gasteiger partial charge in [0, 0.05) is 13.1 Å². The van der Waals surface area contributed by atoms with Crippen LogP contribution in [0.15, 0.2) is 0 Å². The Morgan fingerprint density at radius 1 is 0.947 bits per heavy atom. The highest BCUT2D eigenvalue weighted by atomic mass is 15.2. The predicted octanol–water partition coefficient (Wildman–Crippen LogP) is 2.66. The zero-order valence-electron chi connectivity index (χ0n) is 14.0. The smallest absolute Gasteiger partial charge is 0.0109 e. The Labute approximate surface area is 121 Å². The molecule has 0 aromatic heterocycles. The summed E-state index contributed by atoms with van der Waals surface area (Å²) in [6.45, 7) is 12.6. The lowest BCUT2D eigenvalue weighted by atomic mass is 9.88. The van der Waals surface area contributed by atoms with Crippen LogP contribution in [0.4, 0.5) is 0 Å². The zero-order chi connectivity index (χ0) is 14.7. The summed E-state index contributed by atoms with van der Waals surface area (Å²) in [5.74, 6) is 1.58. The third-order valence-corrected chi connectivity index (χ3v) is 3.93. The fourth-order valence-electron chi connectivity index (χ4n) is 2.60. The van der Waals surface area contributed by atoms with Gasteiger partial charge in [0.2, 0.25) is 0 Å². The van der Waals surface area contributed by atoms with E-state index in [-0.39, 0.29) is 0 Å². The molecule has 19 heavy (non-hydrogen) atoms. The lowest BCUT2D eigenvalue weighted by Crippen LogP contribution is -2.33. The highest BCUT2D eigenvalue weighted by Crippen LogP contribution is 2.20. The molecule has 1 atom stereocenters. The molecule has 116 valence electrons. The third-order valence-electron chi connectivity index (χ3n) is 3.93. The Hall–Kier alpha value is -0.120. The third kappa shape index (κ3) is 10.3. The van der Waals surface area contributed by atoms with Crippen LogP contribution in [0.2, 0.25) is 0 Å². The van der Waals surface area contributed by atoms with E-state index in [4.69, 9.17) is 5.73 Å². The summed E-state index contributed by atoms with van der Waals surface area (Å²) in [6.07, 6.45) is 5.08. The van der Waals surface area contributed by atoms with E-state index in [1.165, 1.54) is 45.3 Å². The van der Waals surface area contributed by atoms with Gasteiger partial charge < -0.3 is 15.5 Å². The molecule has 0 rings (SSSR count). The second kappa shape index (κ2) is 11.7. The molecular formula is C16H37N3. The quantitative estimate of drug-likeness (QED) is 0.592. The second-order valence-electron chi connectivity index (χ2n) is 6.37. The first-order valence-corrected chi connectivity index (χ1v) is 8.08. The van der Waals surface area contributed by atoms with E-state index in [0.29, 0.717) is 0 Å². The molecule has 0 aliphatic carbocycles. The minimum absolute atomic E-state index is 0.768. The first-order chi connectivity index (χ1) is 9.01. The van der Waals surface area contributed by atoms with Gasteiger partial charge in [0.05, 0.1) is 0 Å². The van der Waals surface area contributed by atoms with E-state index in [1.54, 1.807) is 0 Å². The van der Waals surface area contributed by atoms with Gasteiger partial charge in [-0.2, -0.15) is 0 Å². The standard InChI is InChI=1S/C16H37N3/c1-6-11-19(14-13-18(4)5)12-7-8-16(9-10-17)15(2)3/h15-16H,6-14,17H2,1-5H3. The molecule has 0 spiro atoms. The van der Waals surface area contributed by atoms with Crippen molar-refractivity contribution >= 4 is 0 Å². The van der Waals surface area contributed by atoms with Gasteiger partial charge in [0.15, 0.2) is 0 Å². The topological polar surface area (TPSA) is 32.5 Å². The van der Waals surface area contributed by atoms with Gasteiger partial charge in [0.1, 0.15) is 0 Å².